The van der Waals surface area contributed by atoms with Crippen LogP contribution in [0.25, 0.3) is 0 Å². The van der Waals surface area contributed by atoms with Gasteiger partial charge in [0.05, 0.1) is 16.5 Å². The molecule has 1 rings (SSSR count). The first-order valence-electron chi connectivity index (χ1n) is 6.10. The highest BCUT2D eigenvalue weighted by Gasteiger charge is 2.37. The van der Waals surface area contributed by atoms with E-state index in [0.29, 0.717) is 30.5 Å². The summed E-state index contributed by atoms with van der Waals surface area (Å²) in [5.74, 6) is 0.398. The summed E-state index contributed by atoms with van der Waals surface area (Å²) >= 11 is 1.10. The van der Waals surface area contributed by atoms with E-state index in [4.69, 9.17) is 4.74 Å². The Morgan fingerprint density at radius 3 is 2.58 bits per heavy atom. The molecule has 0 saturated heterocycles. The highest BCUT2D eigenvalue weighted by atomic mass is 32.1. The van der Waals surface area contributed by atoms with Gasteiger partial charge >= 0.3 is 6.18 Å². The Kier molecular flexibility index (Phi) is 6.22. The van der Waals surface area contributed by atoms with E-state index < -0.39 is 11.9 Å². The van der Waals surface area contributed by atoms with Crippen molar-refractivity contribution >= 4 is 11.3 Å². The first-order chi connectivity index (χ1) is 8.84. The van der Waals surface area contributed by atoms with E-state index in [0.717, 1.165) is 11.3 Å². The molecule has 0 amide bonds. The minimum absolute atomic E-state index is 0.206. The third-order valence-electron chi connectivity index (χ3n) is 2.37. The van der Waals surface area contributed by atoms with Crippen LogP contribution in [0.2, 0.25) is 0 Å². The monoisotopic (exact) mass is 296 g/mol. The Morgan fingerprint density at radius 1 is 1.37 bits per heavy atom. The third-order valence-corrected chi connectivity index (χ3v) is 3.48. The number of aromatic nitrogens is 1. The zero-order valence-corrected chi connectivity index (χ0v) is 12.1. The van der Waals surface area contributed by atoms with Gasteiger partial charge in [-0.15, -0.1) is 11.3 Å². The lowest BCUT2D eigenvalue weighted by atomic mass is 10.2. The van der Waals surface area contributed by atoms with Crippen molar-refractivity contribution in [3.05, 3.63) is 15.6 Å². The highest BCUT2D eigenvalue weighted by Crippen LogP contribution is 2.34. The first-order valence-corrected chi connectivity index (χ1v) is 6.91. The molecule has 0 radical (unpaired) electrons. The van der Waals surface area contributed by atoms with Crippen molar-refractivity contribution in [3.8, 4) is 0 Å². The Morgan fingerprint density at radius 2 is 2.05 bits per heavy atom. The molecule has 0 spiro atoms. The number of hydrogen-bond donors (Lipinski definition) is 1. The lowest BCUT2D eigenvalue weighted by Crippen LogP contribution is -2.20. The Labute approximate surface area is 115 Å². The fourth-order valence-electron chi connectivity index (χ4n) is 1.51. The first kappa shape index (κ1) is 16.4. The van der Waals surface area contributed by atoms with Crippen molar-refractivity contribution in [2.75, 3.05) is 20.3 Å². The number of alkyl halides is 3. The maximum atomic E-state index is 12.9. The standard InChI is InChI=1S/C12H19F3N2OS/c1-8(2)6-16-7-9-11(12(13,14)15)17-10(19-9)4-5-18-3/h8,16H,4-7H2,1-3H3. The molecule has 0 saturated carbocycles. The molecular formula is C12H19F3N2OS. The molecule has 1 heterocycles. The minimum atomic E-state index is -4.39. The van der Waals surface area contributed by atoms with Crippen molar-refractivity contribution in [3.63, 3.8) is 0 Å². The summed E-state index contributed by atoms with van der Waals surface area (Å²) < 4.78 is 43.4. The van der Waals surface area contributed by atoms with Crippen molar-refractivity contribution in [1.29, 1.82) is 0 Å². The van der Waals surface area contributed by atoms with Crippen LogP contribution >= 0.6 is 11.3 Å². The second-order valence-corrected chi connectivity index (χ2v) is 5.81. The molecule has 0 bridgehead atoms. The second-order valence-electron chi connectivity index (χ2n) is 4.64. The number of nitrogens with one attached hydrogen (secondary N) is 1. The lowest BCUT2D eigenvalue weighted by Gasteiger charge is -2.08. The minimum Gasteiger partial charge on any atom is -0.384 e. The molecule has 0 aromatic carbocycles. The molecule has 3 nitrogen and oxygen atoms in total. The summed E-state index contributed by atoms with van der Waals surface area (Å²) in [4.78, 5) is 3.94. The molecule has 0 aliphatic heterocycles. The van der Waals surface area contributed by atoms with Gasteiger partial charge in [0.2, 0.25) is 0 Å². The van der Waals surface area contributed by atoms with Gasteiger partial charge in [-0.3, -0.25) is 0 Å². The Hall–Kier alpha value is -0.660. The van der Waals surface area contributed by atoms with Gasteiger partial charge in [-0.1, -0.05) is 13.8 Å². The van der Waals surface area contributed by atoms with Gasteiger partial charge in [-0.05, 0) is 12.5 Å². The van der Waals surface area contributed by atoms with E-state index in [1.54, 1.807) is 0 Å². The molecule has 7 heteroatoms. The molecule has 1 aromatic heterocycles. The predicted molar refractivity (Wildman–Crippen MR) is 69.2 cm³/mol. The summed E-state index contributed by atoms with van der Waals surface area (Å²) in [7, 11) is 1.52. The van der Waals surface area contributed by atoms with Crippen LogP contribution in [0.5, 0.6) is 0 Å². The van der Waals surface area contributed by atoms with Gasteiger partial charge in [-0.2, -0.15) is 13.2 Å². The molecule has 1 N–H and O–H groups in total. The van der Waals surface area contributed by atoms with Gasteiger partial charge < -0.3 is 10.1 Å². The Bertz CT molecular complexity index is 391. The molecule has 0 fully saturated rings. The predicted octanol–water partition coefficient (Wildman–Crippen LogP) is 3.10. The maximum Gasteiger partial charge on any atom is 0.434 e. The van der Waals surface area contributed by atoms with Crippen LogP contribution in [-0.4, -0.2) is 25.2 Å². The molecule has 0 unspecified atom stereocenters. The van der Waals surface area contributed by atoms with E-state index in [2.05, 4.69) is 10.3 Å². The number of methoxy groups -OCH3 is 1. The number of halogens is 3. The summed E-state index contributed by atoms with van der Waals surface area (Å²) in [6.45, 7) is 5.28. The van der Waals surface area contributed by atoms with E-state index in [1.165, 1.54) is 7.11 Å². The molecule has 110 valence electrons. The smallest absolute Gasteiger partial charge is 0.384 e. The largest absolute Gasteiger partial charge is 0.434 e. The van der Waals surface area contributed by atoms with E-state index in [-0.39, 0.29) is 11.4 Å². The molecule has 0 aliphatic carbocycles. The molecule has 19 heavy (non-hydrogen) atoms. The number of thiazole rings is 1. The maximum absolute atomic E-state index is 12.9. The van der Waals surface area contributed by atoms with Crippen molar-refractivity contribution < 1.29 is 17.9 Å². The zero-order valence-electron chi connectivity index (χ0n) is 11.3. The average molecular weight is 296 g/mol. The number of ether oxygens (including phenoxy) is 1. The quantitative estimate of drug-likeness (QED) is 0.839. The lowest BCUT2D eigenvalue weighted by molar-refractivity contribution is -0.141. The average Bonchev–Trinajstić information content (AvgIpc) is 2.69. The Balaban J connectivity index is 2.78. The van der Waals surface area contributed by atoms with Crippen LogP contribution in [0, 0.1) is 5.92 Å². The normalized spacial score (nSPS) is 12.4. The molecular weight excluding hydrogens is 277 g/mol. The third kappa shape index (κ3) is 5.46. The fourth-order valence-corrected chi connectivity index (χ4v) is 2.55. The number of hydrogen-bond acceptors (Lipinski definition) is 4. The zero-order chi connectivity index (χ0) is 14.5. The van der Waals surface area contributed by atoms with Crippen molar-refractivity contribution in [2.45, 2.75) is 33.0 Å². The van der Waals surface area contributed by atoms with Gasteiger partial charge in [0.1, 0.15) is 0 Å². The summed E-state index contributed by atoms with van der Waals surface area (Å²) in [5.41, 5.74) is -0.764. The van der Waals surface area contributed by atoms with Crippen molar-refractivity contribution in [2.24, 2.45) is 5.92 Å². The van der Waals surface area contributed by atoms with Crippen LogP contribution < -0.4 is 5.32 Å². The van der Waals surface area contributed by atoms with E-state index >= 15 is 0 Å². The SMILES string of the molecule is COCCc1nc(C(F)(F)F)c(CNCC(C)C)s1. The van der Waals surface area contributed by atoms with Crippen LogP contribution in [0.3, 0.4) is 0 Å². The van der Waals surface area contributed by atoms with Crippen LogP contribution in [0.15, 0.2) is 0 Å². The summed E-state index contributed by atoms with van der Waals surface area (Å²) in [6.07, 6.45) is -3.98. The number of nitrogens with zero attached hydrogens (tertiary/aromatic N) is 1. The summed E-state index contributed by atoms with van der Waals surface area (Å²) in [6, 6.07) is 0. The second kappa shape index (κ2) is 7.21. The number of rotatable bonds is 7. The van der Waals surface area contributed by atoms with Crippen LogP contribution in [-0.2, 0) is 23.9 Å². The van der Waals surface area contributed by atoms with Gasteiger partial charge in [0, 0.05) is 20.1 Å². The molecule has 1 aromatic rings. The van der Waals surface area contributed by atoms with Crippen LogP contribution in [0.4, 0.5) is 13.2 Å². The van der Waals surface area contributed by atoms with Crippen molar-refractivity contribution in [1.82, 2.24) is 10.3 Å². The topological polar surface area (TPSA) is 34.1 Å². The molecule has 0 aliphatic rings. The summed E-state index contributed by atoms with van der Waals surface area (Å²) in [5, 5.41) is 3.49. The molecule has 0 atom stereocenters. The van der Waals surface area contributed by atoms with Gasteiger partial charge in [0.15, 0.2) is 5.69 Å². The van der Waals surface area contributed by atoms with Crippen LogP contribution in [0.1, 0.15) is 29.4 Å². The fraction of sp³-hybridized carbons (Fsp3) is 0.750. The van der Waals surface area contributed by atoms with Gasteiger partial charge in [-0.25, -0.2) is 4.98 Å². The van der Waals surface area contributed by atoms with E-state index in [1.807, 2.05) is 13.8 Å². The van der Waals surface area contributed by atoms with Gasteiger partial charge in [0.25, 0.3) is 0 Å². The van der Waals surface area contributed by atoms with E-state index in [9.17, 15) is 13.2 Å². The highest BCUT2D eigenvalue weighted by molar-refractivity contribution is 7.11.